The molecule has 0 radical (unpaired) electrons. The highest BCUT2D eigenvalue weighted by atomic mass is 16.6. The molecule has 0 fully saturated rings. The van der Waals surface area contributed by atoms with Crippen LogP contribution >= 0.6 is 0 Å². The van der Waals surface area contributed by atoms with Crippen LogP contribution in [0.15, 0.2) is 30.7 Å². The Hall–Kier alpha value is -2.48. The van der Waals surface area contributed by atoms with Crippen molar-refractivity contribution < 1.29 is 4.92 Å². The normalized spacial score (nSPS) is 10.2. The molecule has 0 saturated carbocycles. The number of nitro groups is 1. The summed E-state index contributed by atoms with van der Waals surface area (Å²) in [4.78, 5) is 14.0. The van der Waals surface area contributed by atoms with Crippen LogP contribution in [-0.2, 0) is 6.54 Å². The fourth-order valence-corrected chi connectivity index (χ4v) is 1.32. The third-order valence-electron chi connectivity index (χ3n) is 2.15. The number of hydrazine groups is 1. The highest BCUT2D eigenvalue weighted by Crippen LogP contribution is 2.10. The molecule has 0 unspecified atom stereocenters. The summed E-state index contributed by atoms with van der Waals surface area (Å²) in [6.07, 6.45) is 4.21. The number of anilines is 1. The molecule has 0 saturated heterocycles. The van der Waals surface area contributed by atoms with E-state index in [-0.39, 0.29) is 5.69 Å². The lowest BCUT2D eigenvalue weighted by Gasteiger charge is -2.02. The lowest BCUT2D eigenvalue weighted by atomic mass is 10.3. The number of nitrogens with one attached hydrogen (secondary N) is 1. The largest absolute Gasteiger partial charge is 0.308 e. The molecule has 0 aliphatic rings. The maximum atomic E-state index is 10.5. The van der Waals surface area contributed by atoms with Crippen LogP contribution < -0.4 is 11.3 Å². The van der Waals surface area contributed by atoms with Gasteiger partial charge in [0, 0.05) is 6.20 Å². The quantitative estimate of drug-likeness (QED) is 0.453. The van der Waals surface area contributed by atoms with Gasteiger partial charge in [0.15, 0.2) is 0 Å². The Balaban J connectivity index is 2.11. The van der Waals surface area contributed by atoms with Crippen molar-refractivity contribution in [3.63, 3.8) is 0 Å². The number of nitrogens with zero attached hydrogens (tertiary/aromatic N) is 4. The first-order valence-corrected chi connectivity index (χ1v) is 4.77. The predicted octanol–water partition coefficient (Wildman–Crippen LogP) is 0.520. The molecular weight excluding hydrogens is 224 g/mol. The number of aromatic nitrogens is 3. The number of nitrogen functional groups attached to an aromatic ring is 1. The molecule has 0 atom stereocenters. The van der Waals surface area contributed by atoms with E-state index in [1.165, 1.54) is 17.1 Å². The Morgan fingerprint density at radius 1 is 1.47 bits per heavy atom. The molecule has 8 nitrogen and oxygen atoms in total. The van der Waals surface area contributed by atoms with Crippen LogP contribution in [0.3, 0.4) is 0 Å². The second-order valence-electron chi connectivity index (χ2n) is 3.35. The van der Waals surface area contributed by atoms with E-state index in [4.69, 9.17) is 5.84 Å². The van der Waals surface area contributed by atoms with Crippen LogP contribution in [0.2, 0.25) is 0 Å². The minimum atomic E-state index is -0.483. The monoisotopic (exact) mass is 234 g/mol. The predicted molar refractivity (Wildman–Crippen MR) is 60.0 cm³/mol. The van der Waals surface area contributed by atoms with Gasteiger partial charge in [0.2, 0.25) is 0 Å². The summed E-state index contributed by atoms with van der Waals surface area (Å²) in [6.45, 7) is 0.422. The summed E-state index contributed by atoms with van der Waals surface area (Å²) < 4.78 is 1.48. The number of nitrogens with two attached hydrogens (primary N) is 1. The van der Waals surface area contributed by atoms with Gasteiger partial charge in [-0.05, 0) is 11.6 Å². The molecule has 3 N–H and O–H groups in total. The Kier molecular flexibility index (Phi) is 2.97. The summed E-state index contributed by atoms with van der Waals surface area (Å²) in [7, 11) is 0. The summed E-state index contributed by atoms with van der Waals surface area (Å²) in [5.74, 6) is 5.74. The van der Waals surface area contributed by atoms with Crippen molar-refractivity contribution in [3.8, 4) is 0 Å². The molecule has 0 spiro atoms. The molecule has 2 heterocycles. The van der Waals surface area contributed by atoms with E-state index in [1.807, 2.05) is 6.07 Å². The van der Waals surface area contributed by atoms with Crippen molar-refractivity contribution in [1.82, 2.24) is 14.8 Å². The first-order chi connectivity index (χ1) is 8.19. The van der Waals surface area contributed by atoms with Crippen molar-refractivity contribution in [1.29, 1.82) is 0 Å². The molecule has 0 bridgehead atoms. The molecule has 2 aromatic rings. The van der Waals surface area contributed by atoms with Crippen molar-refractivity contribution in [2.75, 3.05) is 5.43 Å². The average Bonchev–Trinajstić information content (AvgIpc) is 2.79. The van der Waals surface area contributed by atoms with Crippen LogP contribution in [0, 0.1) is 10.1 Å². The average molecular weight is 234 g/mol. The minimum absolute atomic E-state index is 0.0294. The van der Waals surface area contributed by atoms with Gasteiger partial charge in [-0.15, -0.1) is 0 Å². The van der Waals surface area contributed by atoms with Gasteiger partial charge in [-0.2, -0.15) is 5.10 Å². The first-order valence-electron chi connectivity index (χ1n) is 4.77. The zero-order valence-corrected chi connectivity index (χ0v) is 8.78. The Morgan fingerprint density at radius 2 is 2.29 bits per heavy atom. The molecule has 0 aromatic carbocycles. The zero-order valence-electron chi connectivity index (χ0n) is 8.78. The SMILES string of the molecule is NNc1ccc(Cn2cc([N+](=O)[O-])cn2)cn1. The van der Waals surface area contributed by atoms with Crippen molar-refractivity contribution in [2.24, 2.45) is 5.84 Å². The summed E-state index contributed by atoms with van der Waals surface area (Å²) in [6, 6.07) is 3.53. The van der Waals surface area contributed by atoms with E-state index in [0.29, 0.717) is 12.4 Å². The van der Waals surface area contributed by atoms with Crippen LogP contribution in [0.5, 0.6) is 0 Å². The highest BCUT2D eigenvalue weighted by Gasteiger charge is 2.08. The van der Waals surface area contributed by atoms with Gasteiger partial charge in [0.25, 0.3) is 0 Å². The second-order valence-corrected chi connectivity index (χ2v) is 3.35. The molecule has 8 heteroatoms. The Morgan fingerprint density at radius 3 is 2.82 bits per heavy atom. The van der Waals surface area contributed by atoms with Crippen LogP contribution in [0.4, 0.5) is 11.5 Å². The van der Waals surface area contributed by atoms with Crippen LogP contribution in [0.25, 0.3) is 0 Å². The van der Waals surface area contributed by atoms with Gasteiger partial charge in [0.1, 0.15) is 18.2 Å². The molecule has 2 aromatic heterocycles. The second kappa shape index (κ2) is 4.58. The molecule has 2 rings (SSSR count). The van der Waals surface area contributed by atoms with Gasteiger partial charge >= 0.3 is 5.69 Å². The third kappa shape index (κ3) is 2.55. The van der Waals surface area contributed by atoms with E-state index in [0.717, 1.165) is 5.56 Å². The fraction of sp³-hybridized carbons (Fsp3) is 0.111. The van der Waals surface area contributed by atoms with Gasteiger partial charge < -0.3 is 5.43 Å². The number of rotatable bonds is 4. The topological polar surface area (TPSA) is 112 Å². The highest BCUT2D eigenvalue weighted by molar-refractivity contribution is 5.33. The molecule has 0 aliphatic heterocycles. The molecule has 0 aliphatic carbocycles. The minimum Gasteiger partial charge on any atom is -0.308 e. The molecular formula is C9H10N6O2. The zero-order chi connectivity index (χ0) is 12.3. The number of hydrogen-bond donors (Lipinski definition) is 2. The Labute approximate surface area is 96.2 Å². The first kappa shape index (κ1) is 11.0. The lowest BCUT2D eigenvalue weighted by molar-refractivity contribution is -0.385. The standard InChI is InChI=1S/C9H10N6O2/c10-13-9-2-1-7(3-11-9)5-14-6-8(4-12-14)15(16)17/h1-4,6H,5,10H2,(H,11,13). The van der Waals surface area contributed by atoms with E-state index in [1.54, 1.807) is 12.3 Å². The Bertz CT molecular complexity index is 521. The smallest absolute Gasteiger partial charge is 0.307 e. The van der Waals surface area contributed by atoms with Gasteiger partial charge in [-0.1, -0.05) is 6.07 Å². The number of pyridine rings is 1. The van der Waals surface area contributed by atoms with Crippen molar-refractivity contribution >= 4 is 11.5 Å². The molecule has 17 heavy (non-hydrogen) atoms. The van der Waals surface area contributed by atoms with Gasteiger partial charge in [0.05, 0.1) is 11.5 Å². The molecule has 88 valence electrons. The van der Waals surface area contributed by atoms with Gasteiger partial charge in [-0.3, -0.25) is 14.8 Å². The van der Waals surface area contributed by atoms with E-state index in [9.17, 15) is 10.1 Å². The summed E-state index contributed by atoms with van der Waals surface area (Å²) in [5.41, 5.74) is 3.26. The van der Waals surface area contributed by atoms with Crippen LogP contribution in [-0.4, -0.2) is 19.7 Å². The van der Waals surface area contributed by atoms with Crippen molar-refractivity contribution in [3.05, 3.63) is 46.4 Å². The van der Waals surface area contributed by atoms with Gasteiger partial charge in [-0.25, -0.2) is 10.8 Å². The van der Waals surface area contributed by atoms with E-state index in [2.05, 4.69) is 15.5 Å². The lowest BCUT2D eigenvalue weighted by Crippen LogP contribution is -2.08. The van der Waals surface area contributed by atoms with E-state index >= 15 is 0 Å². The maximum absolute atomic E-state index is 10.5. The third-order valence-corrected chi connectivity index (χ3v) is 2.15. The summed E-state index contributed by atoms with van der Waals surface area (Å²) in [5, 5.41) is 14.4. The summed E-state index contributed by atoms with van der Waals surface area (Å²) >= 11 is 0. The maximum Gasteiger partial charge on any atom is 0.307 e. The number of hydrogen-bond acceptors (Lipinski definition) is 6. The van der Waals surface area contributed by atoms with Crippen LogP contribution in [0.1, 0.15) is 5.56 Å². The molecule has 0 amide bonds. The van der Waals surface area contributed by atoms with E-state index < -0.39 is 4.92 Å². The van der Waals surface area contributed by atoms with Crippen molar-refractivity contribution in [2.45, 2.75) is 6.54 Å². The fourth-order valence-electron chi connectivity index (χ4n) is 1.32.